The fourth-order valence-corrected chi connectivity index (χ4v) is 4.16. The number of hydrogen-bond acceptors (Lipinski definition) is 5. The third-order valence-corrected chi connectivity index (χ3v) is 6.06. The third kappa shape index (κ3) is 6.82. The molecule has 0 aliphatic carbocycles. The molecule has 8 heteroatoms. The summed E-state index contributed by atoms with van der Waals surface area (Å²) in [4.78, 5) is 38.0. The number of nitro groups is 1. The predicted molar refractivity (Wildman–Crippen MR) is 125 cm³/mol. The van der Waals surface area contributed by atoms with E-state index in [1.54, 1.807) is 18.2 Å². The Balaban J connectivity index is 2.08. The van der Waals surface area contributed by atoms with E-state index in [0.29, 0.717) is 16.5 Å². The van der Waals surface area contributed by atoms with Gasteiger partial charge in [0.25, 0.3) is 11.6 Å². The van der Waals surface area contributed by atoms with Crippen molar-refractivity contribution in [2.24, 2.45) is 5.92 Å². The average Bonchev–Trinajstić information content (AvgIpc) is 2.70. The molecule has 0 saturated heterocycles. The molecule has 7 nitrogen and oxygen atoms in total. The number of anilines is 1. The molecule has 2 aromatic carbocycles. The van der Waals surface area contributed by atoms with E-state index in [1.165, 1.54) is 29.8 Å². The summed E-state index contributed by atoms with van der Waals surface area (Å²) in [5.74, 6) is 0.498. The lowest BCUT2D eigenvalue weighted by atomic mass is 10.1. The van der Waals surface area contributed by atoms with Gasteiger partial charge in [-0.2, -0.15) is 0 Å². The van der Waals surface area contributed by atoms with Crippen molar-refractivity contribution in [3.8, 4) is 0 Å². The van der Waals surface area contributed by atoms with Crippen LogP contribution in [0.5, 0.6) is 0 Å². The van der Waals surface area contributed by atoms with Crippen molar-refractivity contribution in [1.82, 2.24) is 4.90 Å². The average molecular weight is 444 g/mol. The van der Waals surface area contributed by atoms with Crippen molar-refractivity contribution in [3.63, 3.8) is 0 Å². The minimum atomic E-state index is -0.471. The zero-order chi connectivity index (χ0) is 23.1. The lowest BCUT2D eigenvalue weighted by molar-refractivity contribution is -0.387. The predicted octanol–water partition coefficient (Wildman–Crippen LogP) is 5.06. The molecule has 0 aliphatic rings. The number of rotatable bonds is 9. The number of thioether (sulfide) groups is 1. The van der Waals surface area contributed by atoms with Crippen LogP contribution in [0.1, 0.15) is 41.8 Å². The molecule has 0 aromatic heterocycles. The van der Waals surface area contributed by atoms with Gasteiger partial charge in [-0.05, 0) is 61.3 Å². The molecule has 2 rings (SSSR count). The maximum absolute atomic E-state index is 12.8. The lowest BCUT2D eigenvalue weighted by Gasteiger charge is -2.18. The highest BCUT2D eigenvalue weighted by Crippen LogP contribution is 2.31. The van der Waals surface area contributed by atoms with Gasteiger partial charge < -0.3 is 10.2 Å². The Morgan fingerprint density at radius 3 is 2.55 bits per heavy atom. The van der Waals surface area contributed by atoms with Crippen molar-refractivity contribution in [1.29, 1.82) is 0 Å². The summed E-state index contributed by atoms with van der Waals surface area (Å²) in [7, 11) is 1.50. The minimum Gasteiger partial charge on any atom is -0.332 e. The SMILES string of the molecule is Cc1cccc(NC(=O)CN(C)C(=O)c2ccc(SCCC(C)C)c([N+](=O)[O-])c2)c1C. The van der Waals surface area contributed by atoms with Gasteiger partial charge in [0.1, 0.15) is 0 Å². The monoisotopic (exact) mass is 443 g/mol. The summed E-state index contributed by atoms with van der Waals surface area (Å²) in [5, 5.41) is 14.3. The second kappa shape index (κ2) is 10.9. The van der Waals surface area contributed by atoms with Gasteiger partial charge in [-0.15, -0.1) is 11.8 Å². The molecule has 0 unspecified atom stereocenters. The maximum atomic E-state index is 12.8. The quantitative estimate of drug-likeness (QED) is 0.332. The zero-order valence-electron chi connectivity index (χ0n) is 18.6. The molecular weight excluding hydrogens is 414 g/mol. The smallest absolute Gasteiger partial charge is 0.283 e. The Bertz CT molecular complexity index is 975. The van der Waals surface area contributed by atoms with Crippen LogP contribution in [0.25, 0.3) is 0 Å². The van der Waals surface area contributed by atoms with Gasteiger partial charge in [0.05, 0.1) is 16.4 Å². The first kappa shape index (κ1) is 24.4. The number of likely N-dealkylation sites (N-methyl/N-ethyl adjacent to an activating group) is 1. The number of nitrogens with zero attached hydrogens (tertiary/aromatic N) is 2. The van der Waals surface area contributed by atoms with Crippen molar-refractivity contribution in [2.45, 2.75) is 39.0 Å². The number of aryl methyl sites for hydroxylation is 1. The highest BCUT2D eigenvalue weighted by molar-refractivity contribution is 7.99. The first-order valence-corrected chi connectivity index (χ1v) is 11.1. The third-order valence-electron chi connectivity index (χ3n) is 4.96. The fraction of sp³-hybridized carbons (Fsp3) is 0.391. The Morgan fingerprint density at radius 2 is 1.90 bits per heavy atom. The number of carbonyl (C=O) groups excluding carboxylic acids is 2. The largest absolute Gasteiger partial charge is 0.332 e. The van der Waals surface area contributed by atoms with Crippen LogP contribution in [0.2, 0.25) is 0 Å². The molecule has 0 heterocycles. The molecule has 166 valence electrons. The van der Waals surface area contributed by atoms with Crippen LogP contribution in [-0.2, 0) is 4.79 Å². The van der Waals surface area contributed by atoms with Gasteiger partial charge in [-0.3, -0.25) is 19.7 Å². The van der Waals surface area contributed by atoms with Gasteiger partial charge in [0.15, 0.2) is 0 Å². The summed E-state index contributed by atoms with van der Waals surface area (Å²) in [6.45, 7) is 7.91. The molecule has 0 bridgehead atoms. The van der Waals surface area contributed by atoms with Crippen molar-refractivity contribution < 1.29 is 14.5 Å². The molecule has 31 heavy (non-hydrogen) atoms. The van der Waals surface area contributed by atoms with E-state index in [0.717, 1.165) is 23.3 Å². The van der Waals surface area contributed by atoms with Crippen LogP contribution < -0.4 is 5.32 Å². The molecular formula is C23H29N3O4S. The summed E-state index contributed by atoms with van der Waals surface area (Å²) < 4.78 is 0. The van der Waals surface area contributed by atoms with Crippen LogP contribution in [0.15, 0.2) is 41.3 Å². The molecule has 2 amide bonds. The Hall–Kier alpha value is -2.87. The number of amides is 2. The summed E-state index contributed by atoms with van der Waals surface area (Å²) >= 11 is 1.42. The van der Waals surface area contributed by atoms with E-state index in [1.807, 2.05) is 26.0 Å². The van der Waals surface area contributed by atoms with Crippen molar-refractivity contribution in [2.75, 3.05) is 24.7 Å². The van der Waals surface area contributed by atoms with E-state index < -0.39 is 10.8 Å². The van der Waals surface area contributed by atoms with E-state index in [4.69, 9.17) is 0 Å². The number of nitrogens with one attached hydrogen (secondary N) is 1. The highest BCUT2D eigenvalue weighted by atomic mass is 32.2. The lowest BCUT2D eigenvalue weighted by Crippen LogP contribution is -2.35. The van der Waals surface area contributed by atoms with Crippen LogP contribution in [0, 0.1) is 29.9 Å². The van der Waals surface area contributed by atoms with Gasteiger partial charge >= 0.3 is 0 Å². The summed E-state index contributed by atoms with van der Waals surface area (Å²) in [6.07, 6.45) is 0.945. The Kier molecular flexibility index (Phi) is 8.62. The number of hydrogen-bond donors (Lipinski definition) is 1. The topological polar surface area (TPSA) is 92.6 Å². The van der Waals surface area contributed by atoms with E-state index in [9.17, 15) is 19.7 Å². The molecule has 0 atom stereocenters. The standard InChI is InChI=1S/C23H29N3O4S/c1-15(2)11-12-31-21-10-9-18(13-20(21)26(29)30)23(28)25(5)14-22(27)24-19-8-6-7-16(3)17(19)4/h6-10,13,15H,11-12,14H2,1-5H3,(H,24,27). The van der Waals surface area contributed by atoms with Crippen LogP contribution in [0.4, 0.5) is 11.4 Å². The second-order valence-electron chi connectivity index (χ2n) is 7.93. The molecule has 0 aliphatic heterocycles. The first-order chi connectivity index (χ1) is 14.6. The number of carbonyl (C=O) groups is 2. The molecule has 0 radical (unpaired) electrons. The number of benzene rings is 2. The summed E-state index contributed by atoms with van der Waals surface area (Å²) in [5.41, 5.74) is 2.81. The maximum Gasteiger partial charge on any atom is 0.283 e. The fourth-order valence-electron chi connectivity index (χ4n) is 2.90. The Morgan fingerprint density at radius 1 is 1.19 bits per heavy atom. The molecule has 2 aromatic rings. The second-order valence-corrected chi connectivity index (χ2v) is 9.06. The van der Waals surface area contributed by atoms with Gasteiger partial charge in [0, 0.05) is 24.4 Å². The van der Waals surface area contributed by atoms with Gasteiger partial charge in [-0.25, -0.2) is 0 Å². The Labute approximate surface area is 187 Å². The normalized spacial score (nSPS) is 10.8. The molecule has 0 saturated carbocycles. The van der Waals surface area contributed by atoms with Crippen molar-refractivity contribution in [3.05, 3.63) is 63.2 Å². The van der Waals surface area contributed by atoms with E-state index >= 15 is 0 Å². The van der Waals surface area contributed by atoms with Crippen molar-refractivity contribution >= 4 is 35.0 Å². The highest BCUT2D eigenvalue weighted by Gasteiger charge is 2.21. The molecule has 0 fully saturated rings. The zero-order valence-corrected chi connectivity index (χ0v) is 19.4. The first-order valence-electron chi connectivity index (χ1n) is 10.1. The van der Waals surface area contributed by atoms with E-state index in [-0.39, 0.29) is 23.7 Å². The van der Waals surface area contributed by atoms with Crippen LogP contribution in [0.3, 0.4) is 0 Å². The van der Waals surface area contributed by atoms with Crippen LogP contribution >= 0.6 is 11.8 Å². The van der Waals surface area contributed by atoms with Crippen LogP contribution in [-0.4, -0.2) is 41.0 Å². The molecule has 1 N–H and O–H groups in total. The van der Waals surface area contributed by atoms with Gasteiger partial charge in [-0.1, -0.05) is 26.0 Å². The minimum absolute atomic E-state index is 0.0900. The number of nitro benzene ring substituents is 1. The van der Waals surface area contributed by atoms with Gasteiger partial charge in [0.2, 0.25) is 5.91 Å². The molecule has 0 spiro atoms. The van der Waals surface area contributed by atoms with E-state index in [2.05, 4.69) is 19.2 Å². The summed E-state index contributed by atoms with van der Waals surface area (Å²) in [6, 6.07) is 10.1.